The number of halogens is 1. The minimum atomic E-state index is -0.303. The third kappa shape index (κ3) is 3.09. The van der Waals surface area contributed by atoms with E-state index in [-0.39, 0.29) is 6.10 Å². The molecule has 4 heteroatoms. The van der Waals surface area contributed by atoms with Gasteiger partial charge >= 0.3 is 0 Å². The summed E-state index contributed by atoms with van der Waals surface area (Å²) >= 11 is 5.84. The van der Waals surface area contributed by atoms with E-state index in [2.05, 4.69) is 5.32 Å². The van der Waals surface area contributed by atoms with Gasteiger partial charge in [-0.3, -0.25) is 0 Å². The Morgan fingerprint density at radius 3 is 2.93 bits per heavy atom. The maximum Gasteiger partial charge on any atom is 0.0739 e. The van der Waals surface area contributed by atoms with E-state index in [9.17, 15) is 0 Å². The van der Waals surface area contributed by atoms with Crippen LogP contribution in [0.25, 0.3) is 0 Å². The first-order valence-corrected chi connectivity index (χ1v) is 4.95. The Kier molecular flexibility index (Phi) is 4.04. The Balaban J connectivity index is 2.54. The molecule has 3 nitrogen and oxygen atoms in total. The summed E-state index contributed by atoms with van der Waals surface area (Å²) in [4.78, 5) is 0. The van der Waals surface area contributed by atoms with Crippen LogP contribution in [0.1, 0.15) is 13.3 Å². The number of nitrogens with one attached hydrogen (secondary N) is 1. The topological polar surface area (TPSA) is 58.3 Å². The molecule has 0 aromatic heterocycles. The van der Waals surface area contributed by atoms with Crippen LogP contribution in [0.5, 0.6) is 0 Å². The summed E-state index contributed by atoms with van der Waals surface area (Å²) in [7, 11) is 0. The lowest BCUT2D eigenvalue weighted by atomic mass is 10.2. The largest absolute Gasteiger partial charge is 0.396 e. The van der Waals surface area contributed by atoms with Gasteiger partial charge in [-0.1, -0.05) is 17.7 Å². The lowest BCUT2D eigenvalue weighted by molar-refractivity contribution is 0.189. The first kappa shape index (κ1) is 11.1. The Hall–Kier alpha value is -0.930. The summed E-state index contributed by atoms with van der Waals surface area (Å²) in [5.41, 5.74) is 7.12. The zero-order valence-electron chi connectivity index (χ0n) is 8.13. The van der Waals surface area contributed by atoms with E-state index in [1.165, 1.54) is 0 Å². The van der Waals surface area contributed by atoms with Crippen LogP contribution in [-0.2, 0) is 0 Å². The molecule has 0 saturated heterocycles. The van der Waals surface area contributed by atoms with Crippen LogP contribution < -0.4 is 11.1 Å². The number of anilines is 2. The van der Waals surface area contributed by atoms with Crippen molar-refractivity contribution >= 4 is 23.0 Å². The van der Waals surface area contributed by atoms with E-state index in [0.29, 0.717) is 23.7 Å². The molecule has 0 aliphatic heterocycles. The number of benzene rings is 1. The molecule has 1 aromatic carbocycles. The van der Waals surface area contributed by atoms with E-state index < -0.39 is 0 Å². The van der Waals surface area contributed by atoms with Gasteiger partial charge in [0.1, 0.15) is 0 Å². The highest BCUT2D eigenvalue weighted by atomic mass is 35.5. The van der Waals surface area contributed by atoms with Gasteiger partial charge in [-0.2, -0.15) is 0 Å². The highest BCUT2D eigenvalue weighted by Gasteiger charge is 2.02. The van der Waals surface area contributed by atoms with Gasteiger partial charge in [0, 0.05) is 6.54 Å². The molecule has 0 bridgehead atoms. The second-order valence-electron chi connectivity index (χ2n) is 3.27. The average molecular weight is 215 g/mol. The molecule has 1 aromatic rings. The number of aliphatic hydroxyl groups is 1. The van der Waals surface area contributed by atoms with Crippen LogP contribution in [0, 0.1) is 0 Å². The molecule has 1 unspecified atom stereocenters. The minimum absolute atomic E-state index is 0.303. The SMILES string of the molecule is CC(O)CCNc1cccc(Cl)c1N. The van der Waals surface area contributed by atoms with Gasteiger partial charge in [0.2, 0.25) is 0 Å². The molecule has 0 fully saturated rings. The number of nitrogen functional groups attached to an aromatic ring is 1. The number of nitrogens with two attached hydrogens (primary N) is 1. The van der Waals surface area contributed by atoms with Crippen molar-refractivity contribution in [1.29, 1.82) is 0 Å². The van der Waals surface area contributed by atoms with Crippen LogP contribution in [-0.4, -0.2) is 17.8 Å². The normalized spacial score (nSPS) is 12.5. The molecule has 1 rings (SSSR count). The smallest absolute Gasteiger partial charge is 0.0739 e. The molecule has 0 spiro atoms. The Morgan fingerprint density at radius 1 is 1.57 bits per heavy atom. The van der Waals surface area contributed by atoms with E-state index in [0.717, 1.165) is 5.69 Å². The zero-order chi connectivity index (χ0) is 10.6. The number of aliphatic hydroxyl groups excluding tert-OH is 1. The summed E-state index contributed by atoms with van der Waals surface area (Å²) in [5, 5.41) is 12.7. The zero-order valence-corrected chi connectivity index (χ0v) is 8.88. The van der Waals surface area contributed by atoms with E-state index in [1.54, 1.807) is 13.0 Å². The monoisotopic (exact) mass is 214 g/mol. The Morgan fingerprint density at radius 2 is 2.29 bits per heavy atom. The fourth-order valence-electron chi connectivity index (χ4n) is 1.11. The first-order valence-electron chi connectivity index (χ1n) is 4.57. The lowest BCUT2D eigenvalue weighted by Crippen LogP contribution is -2.10. The number of hydrogen-bond acceptors (Lipinski definition) is 3. The summed E-state index contributed by atoms with van der Waals surface area (Å²) < 4.78 is 0. The number of para-hydroxylation sites is 1. The Labute approximate surface area is 88.9 Å². The van der Waals surface area contributed by atoms with E-state index in [4.69, 9.17) is 22.4 Å². The lowest BCUT2D eigenvalue weighted by Gasteiger charge is -2.10. The fraction of sp³-hybridized carbons (Fsp3) is 0.400. The molecule has 14 heavy (non-hydrogen) atoms. The predicted molar refractivity (Wildman–Crippen MR) is 60.7 cm³/mol. The van der Waals surface area contributed by atoms with Crippen molar-refractivity contribution in [2.75, 3.05) is 17.6 Å². The highest BCUT2D eigenvalue weighted by Crippen LogP contribution is 2.26. The maximum atomic E-state index is 9.06. The molecular weight excluding hydrogens is 200 g/mol. The van der Waals surface area contributed by atoms with Gasteiger partial charge in [0.25, 0.3) is 0 Å². The quantitative estimate of drug-likeness (QED) is 0.673. The third-order valence-corrected chi connectivity index (χ3v) is 2.26. The summed E-state index contributed by atoms with van der Waals surface area (Å²) in [5.74, 6) is 0. The molecular formula is C10H15ClN2O. The molecule has 4 N–H and O–H groups in total. The van der Waals surface area contributed by atoms with Crippen molar-refractivity contribution in [1.82, 2.24) is 0 Å². The van der Waals surface area contributed by atoms with Crippen molar-refractivity contribution in [2.24, 2.45) is 0 Å². The van der Waals surface area contributed by atoms with Crippen molar-refractivity contribution in [3.05, 3.63) is 23.2 Å². The summed E-state index contributed by atoms with van der Waals surface area (Å²) in [6, 6.07) is 5.45. The first-order chi connectivity index (χ1) is 6.61. The van der Waals surface area contributed by atoms with E-state index in [1.807, 2.05) is 12.1 Å². The number of hydrogen-bond donors (Lipinski definition) is 3. The predicted octanol–water partition coefficient (Wildman–Crippen LogP) is 2.10. The van der Waals surface area contributed by atoms with Crippen molar-refractivity contribution in [3.8, 4) is 0 Å². The number of rotatable bonds is 4. The molecule has 0 aliphatic rings. The second kappa shape index (κ2) is 5.08. The molecule has 1 atom stereocenters. The van der Waals surface area contributed by atoms with E-state index >= 15 is 0 Å². The average Bonchev–Trinajstić information content (AvgIpc) is 2.12. The molecule has 0 radical (unpaired) electrons. The van der Waals surface area contributed by atoms with Gasteiger partial charge in [0.05, 0.1) is 22.5 Å². The standard InChI is InChI=1S/C10H15ClN2O/c1-7(14)5-6-13-9-4-2-3-8(11)10(9)12/h2-4,7,13-14H,5-6,12H2,1H3. The summed E-state index contributed by atoms with van der Waals surface area (Å²) in [6.45, 7) is 2.44. The van der Waals surface area contributed by atoms with Crippen LogP contribution in [0.4, 0.5) is 11.4 Å². The Bertz CT molecular complexity index is 302. The highest BCUT2D eigenvalue weighted by molar-refractivity contribution is 6.33. The van der Waals surface area contributed by atoms with Crippen molar-refractivity contribution < 1.29 is 5.11 Å². The van der Waals surface area contributed by atoms with Gasteiger partial charge in [0.15, 0.2) is 0 Å². The second-order valence-corrected chi connectivity index (χ2v) is 3.67. The molecule has 0 heterocycles. The van der Waals surface area contributed by atoms with Crippen LogP contribution in [0.2, 0.25) is 5.02 Å². The molecule has 0 amide bonds. The van der Waals surface area contributed by atoms with Crippen molar-refractivity contribution in [2.45, 2.75) is 19.4 Å². The van der Waals surface area contributed by atoms with Gasteiger partial charge in [-0.05, 0) is 25.5 Å². The summed E-state index contributed by atoms with van der Waals surface area (Å²) in [6.07, 6.45) is 0.384. The van der Waals surface area contributed by atoms with Gasteiger partial charge < -0.3 is 16.2 Å². The van der Waals surface area contributed by atoms with Crippen LogP contribution >= 0.6 is 11.6 Å². The minimum Gasteiger partial charge on any atom is -0.396 e. The van der Waals surface area contributed by atoms with Crippen molar-refractivity contribution in [3.63, 3.8) is 0 Å². The third-order valence-electron chi connectivity index (χ3n) is 1.93. The maximum absolute atomic E-state index is 9.06. The van der Waals surface area contributed by atoms with Gasteiger partial charge in [-0.25, -0.2) is 0 Å². The van der Waals surface area contributed by atoms with Gasteiger partial charge in [-0.15, -0.1) is 0 Å². The molecule has 0 saturated carbocycles. The van der Waals surface area contributed by atoms with Crippen LogP contribution in [0.15, 0.2) is 18.2 Å². The van der Waals surface area contributed by atoms with Crippen LogP contribution in [0.3, 0.4) is 0 Å². The molecule has 0 aliphatic carbocycles. The fourth-order valence-corrected chi connectivity index (χ4v) is 1.28. The molecule has 78 valence electrons.